The predicted octanol–water partition coefficient (Wildman–Crippen LogP) is 0.142. The number of anilines is 1. The fourth-order valence-corrected chi connectivity index (χ4v) is 0.916. The summed E-state index contributed by atoms with van der Waals surface area (Å²) in [5.41, 5.74) is 6.51. The summed E-state index contributed by atoms with van der Waals surface area (Å²) in [5.74, 6) is 0.559. The number of nitrogens with one attached hydrogen (secondary N) is 2. The van der Waals surface area contributed by atoms with Crippen molar-refractivity contribution >= 4 is 5.82 Å². The average Bonchev–Trinajstić information content (AvgIpc) is 2.35. The Morgan fingerprint density at radius 2 is 2.55 bits per heavy atom. The molecule has 0 saturated carbocycles. The van der Waals surface area contributed by atoms with Gasteiger partial charge in [-0.15, -0.1) is 0 Å². The van der Waals surface area contributed by atoms with E-state index in [0.717, 1.165) is 12.1 Å². The van der Waals surface area contributed by atoms with Gasteiger partial charge >= 0.3 is 0 Å². The molecule has 4 N–H and O–H groups in total. The van der Waals surface area contributed by atoms with Gasteiger partial charge in [-0.2, -0.15) is 5.10 Å². The van der Waals surface area contributed by atoms with Crippen LogP contribution in [0.2, 0.25) is 0 Å². The van der Waals surface area contributed by atoms with Crippen LogP contribution in [0.3, 0.4) is 0 Å². The number of rotatable bonds is 3. The van der Waals surface area contributed by atoms with Gasteiger partial charge in [0.2, 0.25) is 0 Å². The van der Waals surface area contributed by atoms with Gasteiger partial charge in [0.25, 0.3) is 0 Å². The van der Waals surface area contributed by atoms with E-state index in [9.17, 15) is 0 Å². The molecular weight excluding hydrogens is 140 g/mol. The average molecular weight is 154 g/mol. The Morgan fingerprint density at radius 3 is 3.00 bits per heavy atom. The van der Waals surface area contributed by atoms with Gasteiger partial charge in [-0.3, -0.25) is 5.10 Å². The van der Waals surface area contributed by atoms with E-state index in [1.54, 1.807) is 0 Å². The molecule has 4 nitrogen and oxygen atoms in total. The first-order chi connectivity index (χ1) is 5.22. The van der Waals surface area contributed by atoms with E-state index in [4.69, 9.17) is 5.73 Å². The number of hydrogen-bond acceptors (Lipinski definition) is 3. The number of nitrogen functional groups attached to an aromatic ring is 1. The van der Waals surface area contributed by atoms with Crippen molar-refractivity contribution in [3.63, 3.8) is 0 Å². The Labute approximate surface area is 66.2 Å². The lowest BCUT2D eigenvalue weighted by molar-refractivity contribution is 0.600. The van der Waals surface area contributed by atoms with Gasteiger partial charge in [0.1, 0.15) is 5.82 Å². The van der Waals surface area contributed by atoms with Crippen molar-refractivity contribution in [2.45, 2.75) is 19.4 Å². The molecule has 0 spiro atoms. The van der Waals surface area contributed by atoms with Crippen molar-refractivity contribution in [2.75, 3.05) is 12.8 Å². The summed E-state index contributed by atoms with van der Waals surface area (Å²) in [6, 6.07) is 2.31. The lowest BCUT2D eigenvalue weighted by Gasteiger charge is -2.06. The molecule has 0 amide bonds. The van der Waals surface area contributed by atoms with Crippen molar-refractivity contribution in [3.8, 4) is 0 Å². The molecule has 0 bridgehead atoms. The van der Waals surface area contributed by atoms with E-state index in [1.165, 1.54) is 0 Å². The Hall–Kier alpha value is -1.03. The molecule has 1 unspecified atom stereocenters. The van der Waals surface area contributed by atoms with Crippen molar-refractivity contribution in [2.24, 2.45) is 0 Å². The number of aromatic nitrogens is 2. The number of hydrogen-bond donors (Lipinski definition) is 3. The van der Waals surface area contributed by atoms with E-state index in [1.807, 2.05) is 13.1 Å². The van der Waals surface area contributed by atoms with E-state index in [2.05, 4.69) is 22.4 Å². The molecular formula is C7H14N4. The molecule has 1 aromatic rings. The maximum absolute atomic E-state index is 5.43. The third-order valence-electron chi connectivity index (χ3n) is 1.67. The topological polar surface area (TPSA) is 66.7 Å². The highest BCUT2D eigenvalue weighted by atomic mass is 15.2. The van der Waals surface area contributed by atoms with Gasteiger partial charge in [-0.25, -0.2) is 0 Å². The summed E-state index contributed by atoms with van der Waals surface area (Å²) in [5, 5.41) is 9.82. The maximum atomic E-state index is 5.43. The predicted molar refractivity (Wildman–Crippen MR) is 45.2 cm³/mol. The minimum absolute atomic E-state index is 0.454. The first kappa shape index (κ1) is 8.07. The smallest absolute Gasteiger partial charge is 0.145 e. The number of H-pyrrole nitrogens is 1. The summed E-state index contributed by atoms with van der Waals surface area (Å²) >= 11 is 0. The third kappa shape index (κ3) is 2.23. The second-order valence-electron chi connectivity index (χ2n) is 2.71. The van der Waals surface area contributed by atoms with Crippen LogP contribution in [0.4, 0.5) is 5.82 Å². The molecule has 0 aliphatic rings. The number of likely N-dealkylation sites (N-methyl/N-ethyl adjacent to an activating group) is 1. The standard InChI is InChI=1S/C7H14N4/c1-5(9-2)3-6-4-7(8)11-10-6/h4-5,9H,3H2,1-2H3,(H3,8,10,11). The highest BCUT2D eigenvalue weighted by Crippen LogP contribution is 2.02. The number of aromatic amines is 1. The molecule has 0 radical (unpaired) electrons. The van der Waals surface area contributed by atoms with Gasteiger partial charge in [-0.1, -0.05) is 0 Å². The zero-order valence-corrected chi connectivity index (χ0v) is 6.89. The van der Waals surface area contributed by atoms with Crippen LogP contribution in [0, 0.1) is 0 Å². The SMILES string of the molecule is CNC(C)Cc1cc(N)n[nH]1. The van der Waals surface area contributed by atoms with Crippen LogP contribution in [-0.4, -0.2) is 23.3 Å². The van der Waals surface area contributed by atoms with E-state index >= 15 is 0 Å². The molecule has 62 valence electrons. The summed E-state index contributed by atoms with van der Waals surface area (Å²) in [6.45, 7) is 2.11. The molecule has 1 heterocycles. The number of nitrogens with two attached hydrogens (primary N) is 1. The van der Waals surface area contributed by atoms with Crippen LogP contribution < -0.4 is 11.1 Å². The molecule has 0 aromatic carbocycles. The first-order valence-electron chi connectivity index (χ1n) is 3.69. The van der Waals surface area contributed by atoms with E-state index in [-0.39, 0.29) is 0 Å². The second kappa shape index (κ2) is 3.39. The highest BCUT2D eigenvalue weighted by molar-refractivity contribution is 5.28. The quantitative estimate of drug-likeness (QED) is 0.580. The second-order valence-corrected chi connectivity index (χ2v) is 2.71. The minimum Gasteiger partial charge on any atom is -0.382 e. The zero-order chi connectivity index (χ0) is 8.27. The minimum atomic E-state index is 0.454. The van der Waals surface area contributed by atoms with Crippen LogP contribution in [0.1, 0.15) is 12.6 Å². The molecule has 4 heteroatoms. The molecule has 1 aromatic heterocycles. The number of nitrogens with zero attached hydrogens (tertiary/aromatic N) is 1. The van der Waals surface area contributed by atoms with Gasteiger partial charge in [0.15, 0.2) is 0 Å². The molecule has 0 fully saturated rings. The fraction of sp³-hybridized carbons (Fsp3) is 0.571. The summed E-state index contributed by atoms with van der Waals surface area (Å²) in [7, 11) is 1.93. The fourth-order valence-electron chi connectivity index (χ4n) is 0.916. The lowest BCUT2D eigenvalue weighted by atomic mass is 10.2. The Morgan fingerprint density at radius 1 is 1.82 bits per heavy atom. The van der Waals surface area contributed by atoms with Crippen molar-refractivity contribution in [1.82, 2.24) is 15.5 Å². The first-order valence-corrected chi connectivity index (χ1v) is 3.69. The normalized spacial score (nSPS) is 13.3. The Kier molecular flexibility index (Phi) is 2.48. The largest absolute Gasteiger partial charge is 0.382 e. The summed E-state index contributed by atoms with van der Waals surface area (Å²) in [4.78, 5) is 0. The maximum Gasteiger partial charge on any atom is 0.145 e. The van der Waals surface area contributed by atoms with Crippen molar-refractivity contribution in [3.05, 3.63) is 11.8 Å². The van der Waals surface area contributed by atoms with Gasteiger partial charge in [0, 0.05) is 24.2 Å². The van der Waals surface area contributed by atoms with Crippen LogP contribution in [0.25, 0.3) is 0 Å². The van der Waals surface area contributed by atoms with Crippen molar-refractivity contribution < 1.29 is 0 Å². The molecule has 11 heavy (non-hydrogen) atoms. The molecule has 0 saturated heterocycles. The molecule has 1 rings (SSSR count). The Bertz CT molecular complexity index is 218. The molecule has 0 aliphatic heterocycles. The van der Waals surface area contributed by atoms with Crippen LogP contribution >= 0.6 is 0 Å². The lowest BCUT2D eigenvalue weighted by Crippen LogP contribution is -2.23. The van der Waals surface area contributed by atoms with Crippen LogP contribution in [-0.2, 0) is 6.42 Å². The zero-order valence-electron chi connectivity index (χ0n) is 6.89. The van der Waals surface area contributed by atoms with E-state index in [0.29, 0.717) is 11.9 Å². The van der Waals surface area contributed by atoms with Gasteiger partial charge in [-0.05, 0) is 14.0 Å². The summed E-state index contributed by atoms with van der Waals surface area (Å²) in [6.07, 6.45) is 0.931. The molecule has 1 atom stereocenters. The summed E-state index contributed by atoms with van der Waals surface area (Å²) < 4.78 is 0. The monoisotopic (exact) mass is 154 g/mol. The van der Waals surface area contributed by atoms with Gasteiger partial charge < -0.3 is 11.1 Å². The van der Waals surface area contributed by atoms with E-state index < -0.39 is 0 Å². The third-order valence-corrected chi connectivity index (χ3v) is 1.67. The molecule has 0 aliphatic carbocycles. The van der Waals surface area contributed by atoms with Crippen LogP contribution in [0.15, 0.2) is 6.07 Å². The van der Waals surface area contributed by atoms with Crippen LogP contribution in [0.5, 0.6) is 0 Å². The van der Waals surface area contributed by atoms with Gasteiger partial charge in [0.05, 0.1) is 0 Å². The highest BCUT2D eigenvalue weighted by Gasteiger charge is 2.02. The van der Waals surface area contributed by atoms with Crippen molar-refractivity contribution in [1.29, 1.82) is 0 Å². The Balaban J connectivity index is 2.50.